The quantitative estimate of drug-likeness (QED) is 0.915. The number of hydrogen-bond donors (Lipinski definition) is 1. The predicted octanol–water partition coefficient (Wildman–Crippen LogP) is 2.04. The number of rotatable bonds is 2. The monoisotopic (exact) mass is 281 g/mol. The lowest BCUT2D eigenvalue weighted by atomic mass is 10.2. The van der Waals surface area contributed by atoms with Gasteiger partial charge in [-0.25, -0.2) is 9.48 Å². The van der Waals surface area contributed by atoms with E-state index >= 15 is 0 Å². The predicted molar refractivity (Wildman–Crippen MR) is 60.8 cm³/mol. The van der Waals surface area contributed by atoms with E-state index in [2.05, 4.69) is 26.2 Å². The third-order valence-corrected chi connectivity index (χ3v) is 2.66. The molecule has 1 heterocycles. The van der Waals surface area contributed by atoms with Crippen molar-refractivity contribution < 1.29 is 9.90 Å². The highest BCUT2D eigenvalue weighted by atomic mass is 79.9. The summed E-state index contributed by atoms with van der Waals surface area (Å²) in [5, 5.41) is 16.3. The highest BCUT2D eigenvalue weighted by Crippen LogP contribution is 2.20. The van der Waals surface area contributed by atoms with Crippen molar-refractivity contribution in [2.24, 2.45) is 0 Å². The average Bonchev–Trinajstić information content (AvgIpc) is 2.70. The second-order valence-electron chi connectivity index (χ2n) is 3.27. The van der Waals surface area contributed by atoms with Gasteiger partial charge in [-0.2, -0.15) is 0 Å². The van der Waals surface area contributed by atoms with E-state index in [1.54, 1.807) is 6.07 Å². The summed E-state index contributed by atoms with van der Waals surface area (Å²) < 4.78 is 2.17. The van der Waals surface area contributed by atoms with E-state index < -0.39 is 5.97 Å². The normalized spacial score (nSPS) is 10.4. The zero-order valence-electron chi connectivity index (χ0n) is 8.38. The van der Waals surface area contributed by atoms with E-state index in [1.165, 1.54) is 10.9 Å². The molecule has 0 spiro atoms. The Labute approximate surface area is 99.8 Å². The van der Waals surface area contributed by atoms with Crippen LogP contribution in [0.4, 0.5) is 0 Å². The van der Waals surface area contributed by atoms with Gasteiger partial charge in [-0.1, -0.05) is 27.2 Å². The summed E-state index contributed by atoms with van der Waals surface area (Å²) in [6.45, 7) is 1.88. The number of halogens is 1. The first-order valence-electron chi connectivity index (χ1n) is 4.50. The molecule has 0 bridgehead atoms. The number of aromatic carboxylic acids is 1. The van der Waals surface area contributed by atoms with Gasteiger partial charge in [-0.3, -0.25) is 0 Å². The smallest absolute Gasteiger partial charge is 0.356 e. The summed E-state index contributed by atoms with van der Waals surface area (Å²) in [6, 6.07) is 5.57. The second kappa shape index (κ2) is 4.05. The Morgan fingerprint density at radius 1 is 1.50 bits per heavy atom. The van der Waals surface area contributed by atoms with Crippen LogP contribution in [-0.2, 0) is 0 Å². The van der Waals surface area contributed by atoms with E-state index in [1.807, 2.05) is 19.1 Å². The van der Waals surface area contributed by atoms with Gasteiger partial charge in [0.25, 0.3) is 0 Å². The van der Waals surface area contributed by atoms with Crippen LogP contribution in [0.2, 0.25) is 0 Å². The standard InChI is InChI=1S/C10H8BrN3O2/c1-6-2-3-7(11)4-8(6)14-9(10(15)16)5-12-13-14/h2-5H,1H3,(H,15,16). The molecule has 6 heteroatoms. The summed E-state index contributed by atoms with van der Waals surface area (Å²) in [5.41, 5.74) is 1.67. The van der Waals surface area contributed by atoms with E-state index in [0.717, 1.165) is 10.0 Å². The fourth-order valence-electron chi connectivity index (χ4n) is 1.37. The maximum atomic E-state index is 10.9. The fourth-order valence-corrected chi connectivity index (χ4v) is 1.72. The van der Waals surface area contributed by atoms with Gasteiger partial charge in [-0.15, -0.1) is 5.10 Å². The van der Waals surface area contributed by atoms with Crippen LogP contribution in [0.15, 0.2) is 28.9 Å². The summed E-state index contributed by atoms with van der Waals surface area (Å²) in [5.74, 6) is -1.05. The van der Waals surface area contributed by atoms with Gasteiger partial charge in [0.15, 0.2) is 5.69 Å². The van der Waals surface area contributed by atoms with Crippen molar-refractivity contribution >= 4 is 21.9 Å². The minimum Gasteiger partial charge on any atom is -0.476 e. The van der Waals surface area contributed by atoms with Crippen molar-refractivity contribution in [1.82, 2.24) is 15.0 Å². The Morgan fingerprint density at radius 3 is 2.94 bits per heavy atom. The first-order chi connectivity index (χ1) is 7.59. The van der Waals surface area contributed by atoms with Crippen LogP contribution in [0.25, 0.3) is 5.69 Å². The van der Waals surface area contributed by atoms with E-state index in [4.69, 9.17) is 5.11 Å². The van der Waals surface area contributed by atoms with Crippen molar-refractivity contribution in [3.05, 3.63) is 40.1 Å². The van der Waals surface area contributed by atoms with E-state index in [0.29, 0.717) is 5.69 Å². The summed E-state index contributed by atoms with van der Waals surface area (Å²) in [7, 11) is 0. The fraction of sp³-hybridized carbons (Fsp3) is 0.100. The molecule has 5 nitrogen and oxygen atoms in total. The lowest BCUT2D eigenvalue weighted by molar-refractivity contribution is 0.0687. The average molecular weight is 282 g/mol. The first kappa shape index (κ1) is 10.8. The van der Waals surface area contributed by atoms with Gasteiger partial charge in [0.05, 0.1) is 11.9 Å². The Balaban J connectivity index is 2.62. The van der Waals surface area contributed by atoms with Crippen LogP contribution in [-0.4, -0.2) is 26.1 Å². The highest BCUT2D eigenvalue weighted by Gasteiger charge is 2.14. The van der Waals surface area contributed by atoms with Crippen LogP contribution in [0, 0.1) is 6.92 Å². The SMILES string of the molecule is Cc1ccc(Br)cc1-n1nncc1C(=O)O. The number of aromatic nitrogens is 3. The summed E-state index contributed by atoms with van der Waals surface area (Å²) >= 11 is 3.33. The Hall–Kier alpha value is -1.69. The van der Waals surface area contributed by atoms with Crippen molar-refractivity contribution in [2.45, 2.75) is 6.92 Å². The maximum absolute atomic E-state index is 10.9. The van der Waals surface area contributed by atoms with Crippen molar-refractivity contribution in [1.29, 1.82) is 0 Å². The largest absolute Gasteiger partial charge is 0.476 e. The number of nitrogens with zero attached hydrogens (tertiary/aromatic N) is 3. The molecule has 0 saturated heterocycles. The molecule has 0 aliphatic rings. The molecule has 1 N–H and O–H groups in total. The number of carboxylic acids is 1. The van der Waals surface area contributed by atoms with E-state index in [9.17, 15) is 4.79 Å². The van der Waals surface area contributed by atoms with Gasteiger partial charge >= 0.3 is 5.97 Å². The molecule has 1 aromatic carbocycles. The number of benzene rings is 1. The molecule has 0 unspecified atom stereocenters. The lowest BCUT2D eigenvalue weighted by Gasteiger charge is -2.07. The zero-order valence-corrected chi connectivity index (χ0v) is 9.97. The van der Waals surface area contributed by atoms with Crippen molar-refractivity contribution in [3.8, 4) is 5.69 Å². The van der Waals surface area contributed by atoms with Gasteiger partial charge in [0, 0.05) is 4.47 Å². The molecule has 0 atom stereocenters. The highest BCUT2D eigenvalue weighted by molar-refractivity contribution is 9.10. The lowest BCUT2D eigenvalue weighted by Crippen LogP contribution is -2.09. The molecule has 1 aromatic heterocycles. The van der Waals surface area contributed by atoms with Crippen molar-refractivity contribution in [2.75, 3.05) is 0 Å². The molecule has 0 fully saturated rings. The molecule has 2 rings (SSSR count). The minimum absolute atomic E-state index is 0.0428. The van der Waals surface area contributed by atoms with Crippen LogP contribution < -0.4 is 0 Å². The van der Waals surface area contributed by atoms with Gasteiger partial charge in [-0.05, 0) is 24.6 Å². The van der Waals surface area contributed by atoms with Gasteiger partial charge in [0.2, 0.25) is 0 Å². The van der Waals surface area contributed by atoms with E-state index in [-0.39, 0.29) is 5.69 Å². The third kappa shape index (κ3) is 1.83. The van der Waals surface area contributed by atoms with Crippen LogP contribution in [0.5, 0.6) is 0 Å². The minimum atomic E-state index is -1.05. The molecule has 82 valence electrons. The molecule has 0 amide bonds. The van der Waals surface area contributed by atoms with Crippen LogP contribution >= 0.6 is 15.9 Å². The Morgan fingerprint density at radius 2 is 2.25 bits per heavy atom. The summed E-state index contributed by atoms with van der Waals surface area (Å²) in [6.07, 6.45) is 1.22. The molecule has 0 aliphatic heterocycles. The van der Waals surface area contributed by atoms with Crippen molar-refractivity contribution in [3.63, 3.8) is 0 Å². The molecular weight excluding hydrogens is 274 g/mol. The molecule has 2 aromatic rings. The van der Waals surface area contributed by atoms with Crippen LogP contribution in [0.1, 0.15) is 16.1 Å². The topological polar surface area (TPSA) is 68.0 Å². The number of hydrogen-bond acceptors (Lipinski definition) is 3. The van der Waals surface area contributed by atoms with Crippen LogP contribution in [0.3, 0.4) is 0 Å². The summed E-state index contributed by atoms with van der Waals surface area (Å²) in [4.78, 5) is 10.9. The Kier molecular flexibility index (Phi) is 2.74. The second-order valence-corrected chi connectivity index (χ2v) is 4.18. The zero-order chi connectivity index (χ0) is 11.7. The molecule has 16 heavy (non-hydrogen) atoms. The number of carboxylic acid groups (broad SMARTS) is 1. The molecule has 0 aliphatic carbocycles. The third-order valence-electron chi connectivity index (χ3n) is 2.17. The first-order valence-corrected chi connectivity index (χ1v) is 5.29. The van der Waals surface area contributed by atoms with Gasteiger partial charge in [0.1, 0.15) is 0 Å². The molecule has 0 saturated carbocycles. The molecular formula is C10H8BrN3O2. The number of carbonyl (C=O) groups is 1. The number of aryl methyl sites for hydroxylation is 1. The maximum Gasteiger partial charge on any atom is 0.356 e. The molecule has 0 radical (unpaired) electrons. The van der Waals surface area contributed by atoms with Gasteiger partial charge < -0.3 is 5.11 Å². The Bertz CT molecular complexity index is 551.